The van der Waals surface area contributed by atoms with Crippen LogP contribution in [0.1, 0.15) is 94.5 Å². The summed E-state index contributed by atoms with van der Waals surface area (Å²) in [4.78, 5) is 12.5. The molecule has 158 valence electrons. The third-order valence-electron chi connectivity index (χ3n) is 7.49. The zero-order valence-corrected chi connectivity index (χ0v) is 18.1. The topological polar surface area (TPSA) is 35.5 Å². The van der Waals surface area contributed by atoms with E-state index < -0.39 is 17.4 Å². The van der Waals surface area contributed by atoms with Gasteiger partial charge in [-0.1, -0.05) is 6.92 Å². The molecular weight excluding hydrogens is 367 g/mol. The predicted octanol–water partition coefficient (Wildman–Crippen LogP) is 6.25. The van der Waals surface area contributed by atoms with E-state index in [0.717, 1.165) is 24.3 Å². The molecule has 29 heavy (non-hydrogen) atoms. The van der Waals surface area contributed by atoms with E-state index >= 15 is 0 Å². The Kier molecular flexibility index (Phi) is 4.32. The van der Waals surface area contributed by atoms with Crippen molar-refractivity contribution in [2.24, 2.45) is 23.2 Å². The van der Waals surface area contributed by atoms with Crippen LogP contribution in [-0.4, -0.2) is 17.7 Å². The molecule has 0 aliphatic heterocycles. The van der Waals surface area contributed by atoms with Gasteiger partial charge in [-0.2, -0.15) is 0 Å². The van der Waals surface area contributed by atoms with Crippen LogP contribution >= 0.6 is 0 Å². The molecular formula is C25H33FO3. The van der Waals surface area contributed by atoms with E-state index in [9.17, 15) is 9.18 Å². The summed E-state index contributed by atoms with van der Waals surface area (Å²) >= 11 is 0. The standard InChI is InChI=1S/C25H33FO3/c1-24(2,3)29-23(27)19-9-18(15-5-6-15)21(10-20(19)26)28-22-16-7-14-8-17(22)13-25(4,11-14)12-16/h9-10,14-17,22H,5-8,11-13H2,1-4H3/t14?,16?,17?,22-,25+. The molecule has 2 unspecified atom stereocenters. The van der Waals surface area contributed by atoms with Gasteiger partial charge in [0.1, 0.15) is 23.3 Å². The summed E-state index contributed by atoms with van der Waals surface area (Å²) in [6, 6.07) is 3.16. The molecule has 0 heterocycles. The van der Waals surface area contributed by atoms with Crippen molar-refractivity contribution >= 4 is 5.97 Å². The quantitative estimate of drug-likeness (QED) is 0.560. The number of hydrogen-bond acceptors (Lipinski definition) is 3. The van der Waals surface area contributed by atoms with Gasteiger partial charge in [-0.25, -0.2) is 9.18 Å². The van der Waals surface area contributed by atoms with Gasteiger partial charge < -0.3 is 9.47 Å². The van der Waals surface area contributed by atoms with Gasteiger partial charge in [-0.15, -0.1) is 0 Å². The van der Waals surface area contributed by atoms with Crippen LogP contribution in [0, 0.1) is 29.0 Å². The molecule has 0 spiro atoms. The van der Waals surface area contributed by atoms with E-state index in [-0.39, 0.29) is 11.7 Å². The Morgan fingerprint density at radius 2 is 1.76 bits per heavy atom. The molecule has 0 N–H and O–H groups in total. The third kappa shape index (κ3) is 3.68. The van der Waals surface area contributed by atoms with Crippen LogP contribution in [-0.2, 0) is 4.74 Å². The fourth-order valence-electron chi connectivity index (χ4n) is 6.60. The molecule has 2 atom stereocenters. The summed E-state index contributed by atoms with van der Waals surface area (Å²) in [6.45, 7) is 7.85. The predicted molar refractivity (Wildman–Crippen MR) is 110 cm³/mol. The van der Waals surface area contributed by atoms with Crippen molar-refractivity contribution < 1.29 is 18.7 Å². The highest BCUT2D eigenvalue weighted by Gasteiger charge is 2.54. The summed E-state index contributed by atoms with van der Waals surface area (Å²) in [7, 11) is 0. The summed E-state index contributed by atoms with van der Waals surface area (Å²) in [6.07, 6.45) is 8.72. The lowest BCUT2D eigenvalue weighted by Gasteiger charge is -2.58. The number of hydrogen-bond donors (Lipinski definition) is 0. The van der Waals surface area contributed by atoms with E-state index in [1.807, 2.05) is 0 Å². The molecule has 5 aliphatic carbocycles. The van der Waals surface area contributed by atoms with Crippen molar-refractivity contribution in [3.8, 4) is 5.75 Å². The molecule has 0 aromatic heterocycles. The zero-order chi connectivity index (χ0) is 20.6. The van der Waals surface area contributed by atoms with E-state index in [1.54, 1.807) is 26.8 Å². The Morgan fingerprint density at radius 1 is 1.10 bits per heavy atom. The SMILES string of the molecule is CC(C)(C)OC(=O)c1cc(C2CC2)c(O[C@H]2C3CC4CC2C[C@](C)(C4)C3)cc1F. The third-order valence-corrected chi connectivity index (χ3v) is 7.49. The highest BCUT2D eigenvalue weighted by atomic mass is 19.1. The molecule has 0 saturated heterocycles. The molecule has 1 aromatic rings. The van der Waals surface area contributed by atoms with Gasteiger partial charge in [0.25, 0.3) is 0 Å². The second kappa shape index (κ2) is 6.46. The molecule has 6 rings (SSSR count). The van der Waals surface area contributed by atoms with Gasteiger partial charge in [0.2, 0.25) is 0 Å². The van der Waals surface area contributed by atoms with E-state index in [1.165, 1.54) is 38.2 Å². The Hall–Kier alpha value is -1.58. The number of esters is 1. The van der Waals surface area contributed by atoms with E-state index in [4.69, 9.17) is 9.47 Å². The second-order valence-corrected chi connectivity index (χ2v) is 11.5. The first-order valence-electron chi connectivity index (χ1n) is 11.3. The Morgan fingerprint density at radius 3 is 2.31 bits per heavy atom. The second-order valence-electron chi connectivity index (χ2n) is 11.5. The van der Waals surface area contributed by atoms with Crippen LogP contribution in [0.3, 0.4) is 0 Å². The maximum absolute atomic E-state index is 14.9. The van der Waals surface area contributed by atoms with Gasteiger partial charge >= 0.3 is 5.97 Å². The number of carbonyl (C=O) groups is 1. The van der Waals surface area contributed by atoms with Crippen molar-refractivity contribution in [1.29, 1.82) is 0 Å². The molecule has 3 nitrogen and oxygen atoms in total. The van der Waals surface area contributed by atoms with Crippen molar-refractivity contribution in [3.05, 3.63) is 29.1 Å². The van der Waals surface area contributed by atoms with Crippen molar-refractivity contribution in [2.45, 2.75) is 90.3 Å². The molecule has 0 amide bonds. The minimum atomic E-state index is -0.644. The molecule has 0 radical (unpaired) electrons. The zero-order valence-electron chi connectivity index (χ0n) is 18.1. The number of carbonyl (C=O) groups excluding carboxylic acids is 1. The van der Waals surface area contributed by atoms with Gasteiger partial charge in [0.05, 0.1) is 5.56 Å². The van der Waals surface area contributed by atoms with Crippen molar-refractivity contribution in [2.75, 3.05) is 0 Å². The largest absolute Gasteiger partial charge is 0.489 e. The monoisotopic (exact) mass is 400 g/mol. The fourth-order valence-corrected chi connectivity index (χ4v) is 6.60. The van der Waals surface area contributed by atoms with Gasteiger partial charge in [-0.3, -0.25) is 0 Å². The van der Waals surface area contributed by atoms with Crippen LogP contribution in [0.5, 0.6) is 5.75 Å². The first kappa shape index (κ1) is 19.4. The van der Waals surface area contributed by atoms with E-state index in [0.29, 0.717) is 28.9 Å². The number of rotatable bonds is 4. The Balaban J connectivity index is 1.42. The number of ether oxygens (including phenoxy) is 2. The van der Waals surface area contributed by atoms with Crippen molar-refractivity contribution in [3.63, 3.8) is 0 Å². The van der Waals surface area contributed by atoms with Crippen LogP contribution in [0.2, 0.25) is 0 Å². The molecule has 1 aromatic carbocycles. The first-order valence-corrected chi connectivity index (χ1v) is 11.3. The minimum absolute atomic E-state index is 0.0340. The number of halogens is 1. The van der Waals surface area contributed by atoms with Gasteiger partial charge in [-0.05, 0) is 106 Å². The molecule has 4 heteroatoms. The number of benzene rings is 1. The van der Waals surface area contributed by atoms with Gasteiger partial charge in [0, 0.05) is 6.07 Å². The first-order chi connectivity index (χ1) is 13.6. The fraction of sp³-hybridized carbons (Fsp3) is 0.720. The lowest BCUT2D eigenvalue weighted by atomic mass is 9.49. The smallest absolute Gasteiger partial charge is 0.341 e. The van der Waals surface area contributed by atoms with Crippen LogP contribution < -0.4 is 4.74 Å². The molecule has 4 bridgehead atoms. The van der Waals surface area contributed by atoms with Crippen LogP contribution in [0.15, 0.2) is 12.1 Å². The van der Waals surface area contributed by atoms with Crippen LogP contribution in [0.4, 0.5) is 4.39 Å². The average molecular weight is 401 g/mol. The maximum Gasteiger partial charge on any atom is 0.341 e. The minimum Gasteiger partial charge on any atom is -0.489 e. The lowest BCUT2D eigenvalue weighted by molar-refractivity contribution is -0.117. The summed E-state index contributed by atoms with van der Waals surface area (Å²) < 4.78 is 26.9. The van der Waals surface area contributed by atoms with Gasteiger partial charge in [0.15, 0.2) is 0 Å². The van der Waals surface area contributed by atoms with Crippen LogP contribution in [0.25, 0.3) is 0 Å². The molecule has 5 fully saturated rings. The normalized spacial score (nSPS) is 35.6. The van der Waals surface area contributed by atoms with E-state index in [2.05, 4.69) is 6.92 Å². The summed E-state index contributed by atoms with van der Waals surface area (Å²) in [5.74, 6) is 1.95. The summed E-state index contributed by atoms with van der Waals surface area (Å²) in [5.41, 5.74) is 0.871. The lowest BCUT2D eigenvalue weighted by Crippen LogP contribution is -2.54. The molecule has 5 saturated carbocycles. The Bertz CT molecular complexity index is 819. The Labute approximate surface area is 173 Å². The molecule has 5 aliphatic rings. The van der Waals surface area contributed by atoms with Crippen molar-refractivity contribution in [1.82, 2.24) is 0 Å². The maximum atomic E-state index is 14.9. The highest BCUT2D eigenvalue weighted by molar-refractivity contribution is 5.90. The average Bonchev–Trinajstić information content (AvgIpc) is 3.40. The summed E-state index contributed by atoms with van der Waals surface area (Å²) in [5, 5.41) is 0. The highest BCUT2D eigenvalue weighted by Crippen LogP contribution is 2.60.